The van der Waals surface area contributed by atoms with Crippen LogP contribution in [0.2, 0.25) is 0 Å². The van der Waals surface area contributed by atoms with Crippen molar-refractivity contribution < 1.29 is 4.42 Å². The third-order valence-electron chi connectivity index (χ3n) is 12.4. The van der Waals surface area contributed by atoms with Crippen LogP contribution in [0.15, 0.2) is 199 Å². The molecule has 280 valence electrons. The first-order valence-electron chi connectivity index (χ1n) is 20.1. The van der Waals surface area contributed by atoms with E-state index in [1.807, 2.05) is 36.7 Å². The molecule has 0 fully saturated rings. The van der Waals surface area contributed by atoms with Gasteiger partial charge in [-0.15, -0.1) is 0 Å². The Morgan fingerprint density at radius 1 is 0.576 bits per heavy atom. The molecular formula is C53H37N5O. The van der Waals surface area contributed by atoms with Crippen molar-refractivity contribution >= 4 is 67.5 Å². The van der Waals surface area contributed by atoms with Gasteiger partial charge >= 0.3 is 0 Å². The van der Waals surface area contributed by atoms with Crippen molar-refractivity contribution in [2.75, 3.05) is 9.80 Å². The maximum absolute atomic E-state index is 6.52. The number of hydrogen-bond acceptors (Lipinski definition) is 5. The van der Waals surface area contributed by atoms with Crippen LogP contribution in [0.3, 0.4) is 0 Å². The Morgan fingerprint density at radius 2 is 1.20 bits per heavy atom. The summed E-state index contributed by atoms with van der Waals surface area (Å²) >= 11 is 0. The smallest absolute Gasteiger partial charge is 0.234 e. The molecule has 0 saturated carbocycles. The largest absolute Gasteiger partial charge is 0.456 e. The quantitative estimate of drug-likeness (QED) is 0.169. The third-order valence-corrected chi connectivity index (χ3v) is 12.4. The Bertz CT molecular complexity index is 3240. The molecule has 10 aromatic rings. The molecular weight excluding hydrogens is 723 g/mol. The number of aromatic nitrogens is 3. The second kappa shape index (κ2) is 12.9. The van der Waals surface area contributed by atoms with Crippen LogP contribution >= 0.6 is 0 Å². The summed E-state index contributed by atoms with van der Waals surface area (Å²) in [5.41, 5.74) is 12.6. The third kappa shape index (κ3) is 4.99. The van der Waals surface area contributed by atoms with Gasteiger partial charge in [0.1, 0.15) is 11.3 Å². The monoisotopic (exact) mass is 759 g/mol. The fraction of sp³-hybridized carbons (Fsp3) is 0.0566. The predicted octanol–water partition coefficient (Wildman–Crippen LogP) is 13.6. The zero-order valence-corrected chi connectivity index (χ0v) is 32.3. The van der Waals surface area contributed by atoms with E-state index in [0.29, 0.717) is 5.95 Å². The molecule has 4 heterocycles. The Morgan fingerprint density at radius 3 is 1.98 bits per heavy atom. The highest BCUT2D eigenvalue weighted by Crippen LogP contribution is 2.61. The number of rotatable bonds is 6. The van der Waals surface area contributed by atoms with Gasteiger partial charge in [-0.3, -0.25) is 4.90 Å². The lowest BCUT2D eigenvalue weighted by Gasteiger charge is -2.42. The molecule has 6 heteroatoms. The fourth-order valence-electron chi connectivity index (χ4n) is 9.81. The van der Waals surface area contributed by atoms with Gasteiger partial charge in [0.15, 0.2) is 0 Å². The zero-order chi connectivity index (χ0) is 39.1. The van der Waals surface area contributed by atoms with Gasteiger partial charge in [-0.05, 0) is 96.9 Å². The molecule has 1 aliphatic heterocycles. The maximum Gasteiger partial charge on any atom is 0.234 e. The van der Waals surface area contributed by atoms with Crippen molar-refractivity contribution in [3.63, 3.8) is 0 Å². The number of para-hydroxylation sites is 4. The van der Waals surface area contributed by atoms with Gasteiger partial charge in [0, 0.05) is 74.0 Å². The van der Waals surface area contributed by atoms with Crippen LogP contribution in [-0.4, -0.2) is 14.5 Å². The number of furan rings is 1. The van der Waals surface area contributed by atoms with Crippen LogP contribution in [-0.2, 0) is 5.54 Å². The number of fused-ring (bicyclic) bond motifs is 10. The highest BCUT2D eigenvalue weighted by molar-refractivity contribution is 6.10. The topological polar surface area (TPSA) is 50.3 Å². The minimum atomic E-state index is -0.462. The first-order chi connectivity index (χ1) is 29.1. The van der Waals surface area contributed by atoms with Crippen LogP contribution < -0.4 is 9.80 Å². The van der Waals surface area contributed by atoms with Crippen molar-refractivity contribution in [2.24, 2.45) is 0 Å². The molecule has 2 aliphatic rings. The van der Waals surface area contributed by atoms with Gasteiger partial charge in [0.25, 0.3) is 0 Å². The van der Waals surface area contributed by atoms with Crippen molar-refractivity contribution in [1.82, 2.24) is 14.5 Å². The molecule has 0 radical (unpaired) electrons. The molecule has 12 rings (SSSR count). The van der Waals surface area contributed by atoms with Gasteiger partial charge in [-0.2, -0.15) is 0 Å². The lowest BCUT2D eigenvalue weighted by atomic mass is 9.74. The molecule has 0 N–H and O–H groups in total. The molecule has 0 saturated heterocycles. The number of hydrogen-bond donors (Lipinski definition) is 0. The van der Waals surface area contributed by atoms with E-state index in [1.54, 1.807) is 0 Å². The van der Waals surface area contributed by atoms with Gasteiger partial charge in [-0.1, -0.05) is 109 Å². The summed E-state index contributed by atoms with van der Waals surface area (Å²) in [5.74, 6) is 1.54. The van der Waals surface area contributed by atoms with Crippen LogP contribution in [0.4, 0.5) is 28.7 Å². The summed E-state index contributed by atoms with van der Waals surface area (Å²) in [6, 6.07) is 62.3. The first kappa shape index (κ1) is 33.4. The van der Waals surface area contributed by atoms with E-state index in [9.17, 15) is 0 Å². The maximum atomic E-state index is 6.52. The Hall–Kier alpha value is -7.70. The van der Waals surface area contributed by atoms with Crippen LogP contribution in [0.5, 0.6) is 0 Å². The van der Waals surface area contributed by atoms with Gasteiger partial charge in [0.2, 0.25) is 5.95 Å². The second-order valence-electron chi connectivity index (χ2n) is 15.6. The Balaban J connectivity index is 1.07. The fourth-order valence-corrected chi connectivity index (χ4v) is 9.81. The molecule has 6 nitrogen and oxygen atoms in total. The van der Waals surface area contributed by atoms with E-state index in [1.165, 1.54) is 16.5 Å². The van der Waals surface area contributed by atoms with E-state index in [0.717, 1.165) is 72.7 Å². The molecule has 0 bridgehead atoms. The predicted molar refractivity (Wildman–Crippen MR) is 240 cm³/mol. The average molecular weight is 760 g/mol. The van der Waals surface area contributed by atoms with E-state index < -0.39 is 5.54 Å². The van der Waals surface area contributed by atoms with Gasteiger partial charge < -0.3 is 13.9 Å². The summed E-state index contributed by atoms with van der Waals surface area (Å²) in [5, 5.41) is 3.49. The molecule has 0 amide bonds. The summed E-state index contributed by atoms with van der Waals surface area (Å²) in [6.07, 6.45) is 8.37. The number of anilines is 5. The molecule has 59 heavy (non-hydrogen) atoms. The second-order valence-corrected chi connectivity index (χ2v) is 15.6. The molecule has 2 atom stereocenters. The van der Waals surface area contributed by atoms with Crippen LogP contribution in [0.1, 0.15) is 29.7 Å². The molecule has 0 spiro atoms. The normalized spacial score (nSPS) is 16.7. The molecule has 2 unspecified atom stereocenters. The summed E-state index contributed by atoms with van der Waals surface area (Å²) in [6.45, 7) is 2.37. The summed E-state index contributed by atoms with van der Waals surface area (Å²) < 4.78 is 8.87. The van der Waals surface area contributed by atoms with Crippen LogP contribution in [0.25, 0.3) is 55.7 Å². The lowest BCUT2D eigenvalue weighted by Crippen LogP contribution is -2.41. The van der Waals surface area contributed by atoms with Crippen molar-refractivity contribution in [1.29, 1.82) is 0 Å². The molecule has 7 aromatic carbocycles. The Kier molecular flexibility index (Phi) is 7.32. The SMILES string of the molecule is CC12c3c(oc4ccccc34)C=CC1c1cc(N(c3ccc4c(c3)c3ccccc3n4-c3ccccc3)c3ncc(-c4ccccc4)cn3)ccc1N2c1ccccc1. The van der Waals surface area contributed by atoms with E-state index >= 15 is 0 Å². The highest BCUT2D eigenvalue weighted by atomic mass is 16.3. The van der Waals surface area contributed by atoms with E-state index in [-0.39, 0.29) is 5.92 Å². The highest BCUT2D eigenvalue weighted by Gasteiger charge is 2.53. The lowest BCUT2D eigenvalue weighted by molar-refractivity contribution is 0.447. The summed E-state index contributed by atoms with van der Waals surface area (Å²) in [7, 11) is 0. The van der Waals surface area contributed by atoms with Crippen molar-refractivity contribution in [3.8, 4) is 16.8 Å². The standard InChI is InChI=1S/C53H37N5O/c1-53-45(27-30-50-51(53)42-22-12-14-24-49(42)59-50)44-32-40(26-29-48(44)58(53)38-19-9-4-10-20-38)56(52-54-33-36(34-55-52)35-15-5-2-6-16-35)39-25-28-47-43(31-39)41-21-11-13-23-46(41)57(47)37-17-7-3-8-18-37/h2-34,45H,1H3. The van der Waals surface area contributed by atoms with E-state index in [4.69, 9.17) is 14.4 Å². The summed E-state index contributed by atoms with van der Waals surface area (Å²) in [4.78, 5) is 14.9. The average Bonchev–Trinajstić information content (AvgIpc) is 3.93. The first-order valence-corrected chi connectivity index (χ1v) is 20.1. The Labute approximate surface area is 341 Å². The van der Waals surface area contributed by atoms with Crippen LogP contribution in [0, 0.1) is 0 Å². The van der Waals surface area contributed by atoms with Crippen molar-refractivity contribution in [2.45, 2.75) is 18.4 Å². The van der Waals surface area contributed by atoms with Gasteiger partial charge in [-0.25, -0.2) is 9.97 Å². The van der Waals surface area contributed by atoms with Crippen molar-refractivity contribution in [3.05, 3.63) is 211 Å². The minimum Gasteiger partial charge on any atom is -0.456 e. The van der Waals surface area contributed by atoms with Gasteiger partial charge in [0.05, 0.1) is 16.6 Å². The minimum absolute atomic E-state index is 0.0284. The molecule has 3 aromatic heterocycles. The zero-order valence-electron chi connectivity index (χ0n) is 32.3. The number of nitrogens with zero attached hydrogens (tertiary/aromatic N) is 5. The molecule has 1 aliphatic carbocycles. The van der Waals surface area contributed by atoms with E-state index in [2.05, 4.69) is 185 Å². The number of benzene rings is 7.